The van der Waals surface area contributed by atoms with Gasteiger partial charge in [-0.3, -0.25) is 28.8 Å². The zero-order valence-electron chi connectivity index (χ0n) is 38.0. The summed E-state index contributed by atoms with van der Waals surface area (Å²) in [4.78, 5) is 74.5. The van der Waals surface area contributed by atoms with Crippen LogP contribution in [0.4, 0.5) is 0 Å². The van der Waals surface area contributed by atoms with Gasteiger partial charge in [-0.2, -0.15) is 0 Å². The predicted molar refractivity (Wildman–Crippen MR) is 243 cm³/mol. The lowest BCUT2D eigenvalue weighted by atomic mass is 9.71. The second-order valence-corrected chi connectivity index (χ2v) is 17.8. The molecule has 0 bridgehead atoms. The van der Waals surface area contributed by atoms with Crippen LogP contribution in [0.25, 0.3) is 0 Å². The number of esters is 3. The highest BCUT2D eigenvalue weighted by Crippen LogP contribution is 2.41. The van der Waals surface area contributed by atoms with Crippen LogP contribution in [-0.2, 0) is 48.4 Å². The fourth-order valence-corrected chi connectivity index (χ4v) is 9.39. The Morgan fingerprint density at radius 1 is 0.385 bits per heavy atom. The summed E-state index contributed by atoms with van der Waals surface area (Å²) in [6.45, 7) is 2.62. The summed E-state index contributed by atoms with van der Waals surface area (Å²) >= 11 is 0. The van der Waals surface area contributed by atoms with Gasteiger partial charge in [0, 0.05) is 23.2 Å². The Morgan fingerprint density at radius 2 is 0.631 bits per heavy atom. The van der Waals surface area contributed by atoms with Crippen LogP contribution >= 0.6 is 0 Å². The summed E-state index contributed by atoms with van der Waals surface area (Å²) in [7, 11) is 0. The number of carbonyl (C=O) groups is 6. The first-order chi connectivity index (χ1) is 31.6. The molecule has 0 spiro atoms. The van der Waals surface area contributed by atoms with Crippen molar-refractivity contribution in [3.05, 3.63) is 89.5 Å². The summed E-state index contributed by atoms with van der Waals surface area (Å²) in [6, 6.07) is 23.1. The fraction of sp³-hybridized carbons (Fsp3) is 0.547. The van der Waals surface area contributed by atoms with E-state index in [0.717, 1.165) is 113 Å². The molecule has 3 fully saturated rings. The largest absolute Gasteiger partial charge is 0.490 e. The van der Waals surface area contributed by atoms with Crippen molar-refractivity contribution in [3.8, 4) is 17.2 Å². The maximum atomic E-state index is 12.5. The molecule has 0 aliphatic heterocycles. The Bertz CT molecular complexity index is 1770. The second kappa shape index (κ2) is 25.2. The van der Waals surface area contributed by atoms with Crippen molar-refractivity contribution < 1.29 is 57.2 Å². The zero-order valence-corrected chi connectivity index (χ0v) is 38.0. The maximum absolute atomic E-state index is 12.5. The Hall–Kier alpha value is -5.52. The van der Waals surface area contributed by atoms with E-state index >= 15 is 0 Å². The fourth-order valence-electron chi connectivity index (χ4n) is 9.39. The first-order valence-electron chi connectivity index (χ1n) is 23.8. The van der Waals surface area contributed by atoms with Crippen LogP contribution in [0.15, 0.2) is 72.8 Å². The molecule has 12 heteroatoms. The molecular formula is C53H66O12. The van der Waals surface area contributed by atoms with Gasteiger partial charge in [0.2, 0.25) is 0 Å². The third-order valence-corrected chi connectivity index (χ3v) is 13.3. The molecule has 350 valence electrons. The van der Waals surface area contributed by atoms with Gasteiger partial charge in [-0.05, 0) is 98.5 Å². The van der Waals surface area contributed by atoms with Gasteiger partial charge >= 0.3 is 17.9 Å². The number of benzene rings is 3. The van der Waals surface area contributed by atoms with Gasteiger partial charge in [-0.1, -0.05) is 94.2 Å². The normalized spacial score (nSPS) is 16.2. The van der Waals surface area contributed by atoms with Gasteiger partial charge in [-0.15, -0.1) is 0 Å². The van der Waals surface area contributed by atoms with E-state index in [2.05, 4.69) is 6.92 Å². The van der Waals surface area contributed by atoms with Gasteiger partial charge in [-0.25, -0.2) is 0 Å². The molecule has 3 saturated carbocycles. The molecule has 0 saturated heterocycles. The number of carbonyl (C=O) groups excluding carboxylic acids is 6. The highest BCUT2D eigenvalue weighted by molar-refractivity contribution is 5.98. The first-order valence-corrected chi connectivity index (χ1v) is 23.8. The second-order valence-electron chi connectivity index (χ2n) is 17.8. The van der Waals surface area contributed by atoms with Gasteiger partial charge < -0.3 is 28.4 Å². The monoisotopic (exact) mass is 894 g/mol. The molecule has 65 heavy (non-hydrogen) atoms. The van der Waals surface area contributed by atoms with Crippen molar-refractivity contribution in [2.45, 2.75) is 128 Å². The predicted octanol–water partition coefficient (Wildman–Crippen LogP) is 9.43. The van der Waals surface area contributed by atoms with Crippen LogP contribution in [-0.4, -0.2) is 74.9 Å². The Morgan fingerprint density at radius 3 is 0.877 bits per heavy atom. The van der Waals surface area contributed by atoms with E-state index in [4.69, 9.17) is 28.4 Å². The van der Waals surface area contributed by atoms with E-state index in [1.165, 1.54) is 0 Å². The van der Waals surface area contributed by atoms with Crippen LogP contribution < -0.4 is 14.2 Å². The summed E-state index contributed by atoms with van der Waals surface area (Å²) in [5.74, 6) is 0.000656. The highest BCUT2D eigenvalue weighted by Gasteiger charge is 2.32. The molecule has 0 aromatic heterocycles. The van der Waals surface area contributed by atoms with E-state index in [0.29, 0.717) is 17.2 Å². The van der Waals surface area contributed by atoms with Crippen molar-refractivity contribution in [2.24, 2.45) is 17.8 Å². The van der Waals surface area contributed by atoms with Crippen LogP contribution in [0.2, 0.25) is 0 Å². The molecule has 3 aromatic rings. The van der Waals surface area contributed by atoms with Crippen molar-refractivity contribution in [3.63, 3.8) is 0 Å². The maximum Gasteiger partial charge on any atom is 0.313 e. The first kappa shape index (κ1) is 48.9. The lowest BCUT2D eigenvalue weighted by molar-refractivity contribution is -0.149. The van der Waals surface area contributed by atoms with Crippen molar-refractivity contribution in [2.75, 3.05) is 39.6 Å². The SMILES string of the molecule is CC(c1ccc(OCCOC(=O)CC(=O)C2CCCCC2)cc1)(c1ccc(OCCOC(=O)CC(=O)C2CCCCC2)cc1)c1ccc(OCCOC(=O)CC(=O)C2CCCCC2)cc1. The molecule has 3 aliphatic carbocycles. The lowest BCUT2D eigenvalue weighted by Gasteiger charge is -2.32. The van der Waals surface area contributed by atoms with Crippen LogP contribution in [0.3, 0.4) is 0 Å². The average molecular weight is 895 g/mol. The molecule has 12 nitrogen and oxygen atoms in total. The van der Waals surface area contributed by atoms with Gasteiger partial charge in [0.15, 0.2) is 0 Å². The smallest absolute Gasteiger partial charge is 0.313 e. The summed E-state index contributed by atoms with van der Waals surface area (Å²) in [5, 5.41) is 0. The minimum atomic E-state index is -0.670. The minimum absolute atomic E-state index is 0.0319. The van der Waals surface area contributed by atoms with E-state index in [9.17, 15) is 28.8 Å². The zero-order chi connectivity index (χ0) is 45.9. The average Bonchev–Trinajstić information content (AvgIpc) is 3.34. The van der Waals surface area contributed by atoms with E-state index in [-0.39, 0.29) is 94.0 Å². The quantitative estimate of drug-likeness (QED) is 0.0276. The highest BCUT2D eigenvalue weighted by atomic mass is 16.6. The number of ketones is 3. The molecule has 3 aliphatic rings. The van der Waals surface area contributed by atoms with Crippen LogP contribution in [0.1, 0.15) is 139 Å². The Kier molecular flexibility index (Phi) is 19.0. The van der Waals surface area contributed by atoms with E-state index in [1.54, 1.807) is 0 Å². The third kappa shape index (κ3) is 15.0. The number of hydrogen-bond donors (Lipinski definition) is 0. The molecule has 3 aromatic carbocycles. The topological polar surface area (TPSA) is 158 Å². The standard InChI is InChI=1S/C53H66O12/c1-53(41-17-23-44(24-18-41)60-29-32-63-50(57)35-47(54)38-11-5-2-6-12-38,42-19-25-45(26-20-42)61-30-33-64-51(58)36-48(55)39-13-7-3-8-14-39)43-21-27-46(28-22-43)62-31-34-65-52(59)37-49(56)40-15-9-4-10-16-40/h17-28,38-40H,2-16,29-37H2,1H3. The molecule has 0 unspecified atom stereocenters. The molecule has 0 radical (unpaired) electrons. The molecular weight excluding hydrogens is 829 g/mol. The number of ether oxygens (including phenoxy) is 6. The molecule has 0 N–H and O–H groups in total. The van der Waals surface area contributed by atoms with Crippen LogP contribution in [0.5, 0.6) is 17.2 Å². The number of hydrogen-bond acceptors (Lipinski definition) is 12. The lowest BCUT2D eigenvalue weighted by Crippen LogP contribution is -2.25. The van der Waals surface area contributed by atoms with Crippen LogP contribution in [0, 0.1) is 17.8 Å². The van der Waals surface area contributed by atoms with E-state index < -0.39 is 23.3 Å². The number of rotatable bonds is 24. The summed E-state index contributed by atoms with van der Waals surface area (Å²) in [5.41, 5.74) is 2.22. The molecule has 0 amide bonds. The summed E-state index contributed by atoms with van der Waals surface area (Å²) < 4.78 is 33.7. The Labute approximate surface area is 383 Å². The minimum Gasteiger partial charge on any atom is -0.490 e. The number of Topliss-reactive ketones (excluding diaryl/α,β-unsaturated/α-hetero) is 3. The van der Waals surface area contributed by atoms with Crippen molar-refractivity contribution in [1.82, 2.24) is 0 Å². The Balaban J connectivity index is 1.04. The summed E-state index contributed by atoms with van der Waals surface area (Å²) in [6.07, 6.45) is 14.1. The van der Waals surface area contributed by atoms with Crippen molar-refractivity contribution in [1.29, 1.82) is 0 Å². The van der Waals surface area contributed by atoms with Gasteiger partial charge in [0.05, 0.1) is 0 Å². The molecule has 6 rings (SSSR count). The molecule has 0 heterocycles. The molecule has 0 atom stereocenters. The van der Waals surface area contributed by atoms with Crippen molar-refractivity contribution >= 4 is 35.3 Å². The van der Waals surface area contributed by atoms with Gasteiger partial charge in [0.25, 0.3) is 0 Å². The third-order valence-electron chi connectivity index (χ3n) is 13.3. The van der Waals surface area contributed by atoms with Gasteiger partial charge in [0.1, 0.15) is 93.5 Å². The van der Waals surface area contributed by atoms with E-state index in [1.807, 2.05) is 72.8 Å².